The normalized spacial score (nSPS) is 25.0. The molecule has 2 N–H and O–H groups in total. The molecule has 1 heterocycles. The zero-order chi connectivity index (χ0) is 13.2. The molecular weight excluding hydrogens is 233 g/mol. The molecule has 1 saturated heterocycles. The molecule has 1 fully saturated rings. The number of rotatable bonds is 2. The van der Waals surface area contributed by atoms with Crippen molar-refractivity contribution in [3.05, 3.63) is 29.6 Å². The number of halogens is 1. The first-order valence-corrected chi connectivity index (χ1v) is 6.38. The van der Waals surface area contributed by atoms with Crippen molar-refractivity contribution >= 4 is 5.69 Å². The third-order valence-corrected chi connectivity index (χ3v) is 3.55. The minimum absolute atomic E-state index is 0.156. The Kier molecular flexibility index (Phi) is 3.88. The van der Waals surface area contributed by atoms with E-state index in [-0.39, 0.29) is 12.4 Å². The van der Waals surface area contributed by atoms with Crippen LogP contribution in [-0.2, 0) is 6.61 Å². The fourth-order valence-corrected chi connectivity index (χ4v) is 2.43. The summed E-state index contributed by atoms with van der Waals surface area (Å²) in [6.45, 7) is 3.21. The van der Waals surface area contributed by atoms with Crippen molar-refractivity contribution < 1.29 is 14.6 Å². The second kappa shape index (κ2) is 5.24. The summed E-state index contributed by atoms with van der Waals surface area (Å²) in [4.78, 5) is 2.07. The van der Waals surface area contributed by atoms with Crippen LogP contribution >= 0.6 is 0 Å². The molecule has 0 amide bonds. The molecule has 2 rings (SSSR count). The van der Waals surface area contributed by atoms with Gasteiger partial charge in [0.2, 0.25) is 0 Å². The van der Waals surface area contributed by atoms with Crippen molar-refractivity contribution in [3.63, 3.8) is 0 Å². The molecule has 1 aromatic rings. The van der Waals surface area contributed by atoms with E-state index in [0.717, 1.165) is 25.1 Å². The van der Waals surface area contributed by atoms with E-state index in [2.05, 4.69) is 4.90 Å². The van der Waals surface area contributed by atoms with Crippen molar-refractivity contribution in [2.24, 2.45) is 0 Å². The van der Waals surface area contributed by atoms with Crippen LogP contribution in [0.5, 0.6) is 0 Å². The van der Waals surface area contributed by atoms with Gasteiger partial charge in [-0.1, -0.05) is 0 Å². The average Bonchev–Trinajstić information content (AvgIpc) is 2.49. The van der Waals surface area contributed by atoms with Crippen LogP contribution in [0.2, 0.25) is 0 Å². The minimum atomic E-state index is -0.623. The van der Waals surface area contributed by atoms with Gasteiger partial charge in [-0.05, 0) is 49.9 Å². The molecule has 0 bridgehead atoms. The third kappa shape index (κ3) is 3.21. The summed E-state index contributed by atoms with van der Waals surface area (Å²) in [6.07, 6.45) is 2.33. The van der Waals surface area contributed by atoms with E-state index >= 15 is 0 Å². The molecule has 1 atom stereocenters. The van der Waals surface area contributed by atoms with E-state index in [1.807, 2.05) is 13.0 Å². The van der Waals surface area contributed by atoms with Crippen LogP contribution in [0.1, 0.15) is 31.7 Å². The van der Waals surface area contributed by atoms with Crippen LogP contribution in [0, 0.1) is 5.82 Å². The topological polar surface area (TPSA) is 43.7 Å². The standard InChI is InChI=1S/C14H20FNO2/c1-14(18)3-2-5-16(6-4-14)13-8-11(10-17)7-12(15)9-13/h7-9,17-18H,2-6,10H2,1H3. The third-order valence-electron chi connectivity index (χ3n) is 3.55. The number of aliphatic hydroxyl groups is 2. The summed E-state index contributed by atoms with van der Waals surface area (Å²) in [5.74, 6) is -0.326. The predicted octanol–water partition coefficient (Wildman–Crippen LogP) is 2.06. The maximum Gasteiger partial charge on any atom is 0.125 e. The first-order chi connectivity index (χ1) is 8.50. The minimum Gasteiger partial charge on any atom is -0.392 e. The van der Waals surface area contributed by atoms with Crippen LogP contribution < -0.4 is 4.90 Å². The first kappa shape index (κ1) is 13.3. The summed E-state index contributed by atoms with van der Waals surface area (Å²) in [5, 5.41) is 19.1. The van der Waals surface area contributed by atoms with Crippen LogP contribution in [0.4, 0.5) is 10.1 Å². The fraction of sp³-hybridized carbons (Fsp3) is 0.571. The molecule has 4 heteroatoms. The molecule has 1 aromatic carbocycles. The quantitative estimate of drug-likeness (QED) is 0.848. The molecule has 3 nitrogen and oxygen atoms in total. The van der Waals surface area contributed by atoms with E-state index in [1.54, 1.807) is 0 Å². The Hall–Kier alpha value is -1.13. The average molecular weight is 253 g/mol. The Balaban J connectivity index is 2.18. The summed E-state index contributed by atoms with van der Waals surface area (Å²) in [5.41, 5.74) is 0.750. The highest BCUT2D eigenvalue weighted by Gasteiger charge is 2.25. The van der Waals surface area contributed by atoms with Crippen molar-refractivity contribution in [3.8, 4) is 0 Å². The van der Waals surface area contributed by atoms with E-state index in [1.165, 1.54) is 12.1 Å². The summed E-state index contributed by atoms with van der Waals surface area (Å²) in [6, 6.07) is 4.64. The van der Waals surface area contributed by atoms with Gasteiger partial charge in [-0.3, -0.25) is 0 Å². The van der Waals surface area contributed by atoms with Crippen molar-refractivity contribution in [1.82, 2.24) is 0 Å². The van der Waals surface area contributed by atoms with Crippen LogP contribution in [-0.4, -0.2) is 28.9 Å². The first-order valence-electron chi connectivity index (χ1n) is 6.38. The Morgan fingerprint density at radius 1 is 1.28 bits per heavy atom. The second-order valence-corrected chi connectivity index (χ2v) is 5.31. The van der Waals surface area contributed by atoms with Crippen LogP contribution in [0.15, 0.2) is 18.2 Å². The monoisotopic (exact) mass is 253 g/mol. The summed E-state index contributed by atoms with van der Waals surface area (Å²) >= 11 is 0. The van der Waals surface area contributed by atoms with Crippen LogP contribution in [0.25, 0.3) is 0 Å². The van der Waals surface area contributed by atoms with Gasteiger partial charge in [-0.2, -0.15) is 0 Å². The fourth-order valence-electron chi connectivity index (χ4n) is 2.43. The number of hydrogen-bond donors (Lipinski definition) is 2. The summed E-state index contributed by atoms with van der Waals surface area (Å²) in [7, 11) is 0. The predicted molar refractivity (Wildman–Crippen MR) is 69.0 cm³/mol. The van der Waals surface area contributed by atoms with Crippen LogP contribution in [0.3, 0.4) is 0 Å². The molecule has 0 spiro atoms. The molecule has 1 unspecified atom stereocenters. The van der Waals surface area contributed by atoms with Gasteiger partial charge in [0.1, 0.15) is 5.82 Å². The number of aliphatic hydroxyl groups excluding tert-OH is 1. The number of benzene rings is 1. The van der Waals surface area contributed by atoms with E-state index in [4.69, 9.17) is 5.11 Å². The SMILES string of the molecule is CC1(O)CCCN(c2cc(F)cc(CO)c2)CC1. The molecule has 100 valence electrons. The number of nitrogens with zero attached hydrogens (tertiary/aromatic N) is 1. The highest BCUT2D eigenvalue weighted by Crippen LogP contribution is 2.26. The van der Waals surface area contributed by atoms with Crippen molar-refractivity contribution in [2.75, 3.05) is 18.0 Å². The molecular formula is C14H20FNO2. The highest BCUT2D eigenvalue weighted by molar-refractivity contribution is 5.49. The van der Waals surface area contributed by atoms with Gasteiger partial charge in [0.25, 0.3) is 0 Å². The van der Waals surface area contributed by atoms with Gasteiger partial charge in [0.15, 0.2) is 0 Å². The van der Waals surface area contributed by atoms with Gasteiger partial charge >= 0.3 is 0 Å². The molecule has 18 heavy (non-hydrogen) atoms. The van der Waals surface area contributed by atoms with Gasteiger partial charge in [-0.25, -0.2) is 4.39 Å². The zero-order valence-electron chi connectivity index (χ0n) is 10.7. The maximum absolute atomic E-state index is 13.4. The maximum atomic E-state index is 13.4. The molecule has 0 saturated carbocycles. The Morgan fingerprint density at radius 3 is 2.78 bits per heavy atom. The van der Waals surface area contributed by atoms with Gasteiger partial charge in [0.05, 0.1) is 12.2 Å². The molecule has 0 aromatic heterocycles. The lowest BCUT2D eigenvalue weighted by Gasteiger charge is -2.24. The molecule has 0 radical (unpaired) electrons. The Morgan fingerprint density at radius 2 is 2.06 bits per heavy atom. The van der Waals surface area contributed by atoms with Crippen molar-refractivity contribution in [2.45, 2.75) is 38.4 Å². The highest BCUT2D eigenvalue weighted by atomic mass is 19.1. The van der Waals surface area contributed by atoms with Crippen molar-refractivity contribution in [1.29, 1.82) is 0 Å². The zero-order valence-corrected chi connectivity index (χ0v) is 10.7. The second-order valence-electron chi connectivity index (χ2n) is 5.31. The Labute approximate surface area is 107 Å². The van der Waals surface area contributed by atoms with Gasteiger partial charge < -0.3 is 15.1 Å². The smallest absolute Gasteiger partial charge is 0.125 e. The molecule has 0 aliphatic carbocycles. The summed E-state index contributed by atoms with van der Waals surface area (Å²) < 4.78 is 13.4. The lowest BCUT2D eigenvalue weighted by Crippen LogP contribution is -2.28. The molecule has 1 aliphatic rings. The lowest BCUT2D eigenvalue weighted by molar-refractivity contribution is 0.0481. The number of anilines is 1. The number of hydrogen-bond acceptors (Lipinski definition) is 3. The van der Waals surface area contributed by atoms with E-state index in [9.17, 15) is 9.50 Å². The van der Waals surface area contributed by atoms with E-state index < -0.39 is 5.60 Å². The largest absolute Gasteiger partial charge is 0.392 e. The lowest BCUT2D eigenvalue weighted by atomic mass is 9.98. The van der Waals surface area contributed by atoms with Gasteiger partial charge in [0, 0.05) is 18.8 Å². The molecule has 1 aliphatic heterocycles. The van der Waals surface area contributed by atoms with Gasteiger partial charge in [-0.15, -0.1) is 0 Å². The van der Waals surface area contributed by atoms with E-state index in [0.29, 0.717) is 18.5 Å². The Bertz CT molecular complexity index is 420.